The zero-order chi connectivity index (χ0) is 24.1. The highest BCUT2D eigenvalue weighted by molar-refractivity contribution is 5.98. The van der Waals surface area contributed by atoms with Gasteiger partial charge >= 0.3 is 0 Å². The van der Waals surface area contributed by atoms with Crippen LogP contribution in [0.25, 0.3) is 0 Å². The van der Waals surface area contributed by atoms with Crippen molar-refractivity contribution < 1.29 is 14.3 Å². The summed E-state index contributed by atoms with van der Waals surface area (Å²) in [4.78, 5) is 28.0. The molecule has 0 radical (unpaired) electrons. The average Bonchev–Trinajstić information content (AvgIpc) is 2.89. The number of hydrogen-bond donors (Lipinski definition) is 1. The van der Waals surface area contributed by atoms with E-state index in [1.54, 1.807) is 7.11 Å². The van der Waals surface area contributed by atoms with Crippen LogP contribution < -0.4 is 5.32 Å². The van der Waals surface area contributed by atoms with Crippen LogP contribution >= 0.6 is 0 Å². The molecule has 2 fully saturated rings. The van der Waals surface area contributed by atoms with Crippen LogP contribution in [0.5, 0.6) is 0 Å². The molecule has 0 aromatic heterocycles. The van der Waals surface area contributed by atoms with E-state index >= 15 is 0 Å². The SMILES string of the molecule is COC1CCC(C(=O)Nc2cc(C(=O)N3CCC(c4ccc(C#N)cc4)CC3)ccc2C)CC1. The maximum Gasteiger partial charge on any atom is 0.253 e. The fraction of sp³-hybridized carbons (Fsp3) is 0.464. The first-order valence-corrected chi connectivity index (χ1v) is 12.2. The molecular formula is C28H33N3O3. The van der Waals surface area contributed by atoms with Gasteiger partial charge in [-0.05, 0) is 86.8 Å². The Balaban J connectivity index is 1.36. The number of methoxy groups -OCH3 is 1. The van der Waals surface area contributed by atoms with Crippen molar-refractivity contribution in [1.29, 1.82) is 5.26 Å². The third-order valence-corrected chi connectivity index (χ3v) is 7.41. The van der Waals surface area contributed by atoms with Gasteiger partial charge in [0.05, 0.1) is 17.7 Å². The zero-order valence-corrected chi connectivity index (χ0v) is 20.0. The van der Waals surface area contributed by atoms with Gasteiger partial charge in [-0.25, -0.2) is 0 Å². The largest absolute Gasteiger partial charge is 0.381 e. The second kappa shape index (κ2) is 10.8. The first kappa shape index (κ1) is 24.0. The molecule has 6 heteroatoms. The predicted molar refractivity (Wildman–Crippen MR) is 132 cm³/mol. The van der Waals surface area contributed by atoms with Gasteiger partial charge in [0.1, 0.15) is 0 Å². The lowest BCUT2D eigenvalue weighted by molar-refractivity contribution is -0.121. The molecule has 1 saturated carbocycles. The fourth-order valence-corrected chi connectivity index (χ4v) is 5.11. The lowest BCUT2D eigenvalue weighted by Gasteiger charge is -2.32. The van der Waals surface area contributed by atoms with Gasteiger partial charge in [-0.3, -0.25) is 9.59 Å². The number of carbonyl (C=O) groups is 2. The summed E-state index contributed by atoms with van der Waals surface area (Å²) in [6, 6.07) is 15.5. The number of hydrogen-bond acceptors (Lipinski definition) is 4. The summed E-state index contributed by atoms with van der Waals surface area (Å²) in [7, 11) is 1.73. The van der Waals surface area contributed by atoms with Crippen LogP contribution in [0, 0.1) is 24.2 Å². The average molecular weight is 460 g/mol. The molecule has 1 saturated heterocycles. The summed E-state index contributed by atoms with van der Waals surface area (Å²) in [5.74, 6) is 0.434. The molecule has 1 N–H and O–H groups in total. The van der Waals surface area contributed by atoms with E-state index in [1.807, 2.05) is 54.3 Å². The minimum absolute atomic E-state index is 0.00795. The molecule has 1 heterocycles. The maximum absolute atomic E-state index is 13.2. The Bertz CT molecular complexity index is 1060. The minimum atomic E-state index is -0.00795. The predicted octanol–water partition coefficient (Wildman–Crippen LogP) is 5.03. The number of anilines is 1. The van der Waals surface area contributed by atoms with E-state index in [9.17, 15) is 9.59 Å². The van der Waals surface area contributed by atoms with Gasteiger partial charge in [0.15, 0.2) is 0 Å². The maximum atomic E-state index is 13.2. The summed E-state index contributed by atoms with van der Waals surface area (Å²) in [6.07, 6.45) is 5.53. The van der Waals surface area contributed by atoms with Gasteiger partial charge < -0.3 is 15.0 Å². The Kier molecular flexibility index (Phi) is 7.64. The third-order valence-electron chi connectivity index (χ3n) is 7.41. The molecule has 34 heavy (non-hydrogen) atoms. The zero-order valence-electron chi connectivity index (χ0n) is 20.0. The third kappa shape index (κ3) is 5.48. The van der Waals surface area contributed by atoms with Crippen LogP contribution in [-0.2, 0) is 9.53 Å². The van der Waals surface area contributed by atoms with Crippen LogP contribution in [0.2, 0.25) is 0 Å². The van der Waals surface area contributed by atoms with Crippen molar-refractivity contribution >= 4 is 17.5 Å². The van der Waals surface area contributed by atoms with Crippen LogP contribution in [-0.4, -0.2) is 43.0 Å². The fourth-order valence-electron chi connectivity index (χ4n) is 5.11. The van der Waals surface area contributed by atoms with Gasteiger partial charge in [-0.2, -0.15) is 5.26 Å². The molecule has 2 aliphatic rings. The Morgan fingerprint density at radius 1 is 1.00 bits per heavy atom. The lowest BCUT2D eigenvalue weighted by Crippen LogP contribution is -2.38. The van der Waals surface area contributed by atoms with Crippen molar-refractivity contribution in [1.82, 2.24) is 4.90 Å². The first-order valence-electron chi connectivity index (χ1n) is 12.2. The number of nitriles is 1. The highest BCUT2D eigenvalue weighted by atomic mass is 16.5. The van der Waals surface area contributed by atoms with Crippen molar-refractivity contribution in [2.75, 3.05) is 25.5 Å². The molecular weight excluding hydrogens is 426 g/mol. The van der Waals surface area contributed by atoms with Crippen molar-refractivity contribution in [3.05, 3.63) is 64.7 Å². The summed E-state index contributed by atoms with van der Waals surface area (Å²) in [6.45, 7) is 3.35. The standard InChI is InChI=1S/C28H33N3O3/c1-19-3-6-24(17-26(19)30-27(32)23-9-11-25(34-2)12-10-23)28(33)31-15-13-22(14-16-31)21-7-4-20(18-29)5-8-21/h3-8,17,22-23,25H,9-16H2,1-2H3,(H,30,32). The molecule has 1 aliphatic carbocycles. The van der Waals surface area contributed by atoms with Crippen molar-refractivity contribution in [3.63, 3.8) is 0 Å². The number of rotatable bonds is 5. The first-order chi connectivity index (χ1) is 16.5. The normalized spacial score (nSPS) is 21.0. The van der Waals surface area contributed by atoms with Crippen molar-refractivity contribution in [2.45, 2.75) is 57.5 Å². The van der Waals surface area contributed by atoms with E-state index in [1.165, 1.54) is 5.56 Å². The van der Waals surface area contributed by atoms with E-state index in [0.717, 1.165) is 49.8 Å². The minimum Gasteiger partial charge on any atom is -0.381 e. The second-order valence-corrected chi connectivity index (χ2v) is 9.53. The number of nitrogens with zero attached hydrogens (tertiary/aromatic N) is 2. The van der Waals surface area contributed by atoms with Crippen LogP contribution in [0.3, 0.4) is 0 Å². The number of amides is 2. The number of aryl methyl sites for hydroxylation is 1. The number of ether oxygens (including phenoxy) is 1. The van der Waals surface area contributed by atoms with E-state index in [2.05, 4.69) is 11.4 Å². The molecule has 6 nitrogen and oxygen atoms in total. The molecule has 1 aliphatic heterocycles. The Morgan fingerprint density at radius 2 is 1.68 bits per heavy atom. The van der Waals surface area contributed by atoms with Gasteiger partial charge in [0, 0.05) is 37.4 Å². The number of carbonyl (C=O) groups excluding carboxylic acids is 2. The highest BCUT2D eigenvalue weighted by Crippen LogP contribution is 2.30. The van der Waals surface area contributed by atoms with Crippen molar-refractivity contribution in [2.24, 2.45) is 5.92 Å². The summed E-state index contributed by atoms with van der Waals surface area (Å²) in [5.41, 5.74) is 4.18. The highest BCUT2D eigenvalue weighted by Gasteiger charge is 2.28. The molecule has 0 unspecified atom stereocenters. The number of piperidine rings is 1. The molecule has 2 aromatic carbocycles. The topological polar surface area (TPSA) is 82.4 Å². The van der Waals surface area contributed by atoms with Gasteiger partial charge in [-0.1, -0.05) is 18.2 Å². The number of nitrogens with one attached hydrogen (secondary N) is 1. The lowest BCUT2D eigenvalue weighted by atomic mass is 9.86. The molecule has 178 valence electrons. The number of benzene rings is 2. The van der Waals surface area contributed by atoms with Crippen LogP contribution in [0.15, 0.2) is 42.5 Å². The van der Waals surface area contributed by atoms with Crippen LogP contribution in [0.4, 0.5) is 5.69 Å². The monoisotopic (exact) mass is 459 g/mol. The summed E-state index contributed by atoms with van der Waals surface area (Å²) >= 11 is 0. The van der Waals surface area contributed by atoms with Gasteiger partial charge in [0.25, 0.3) is 5.91 Å². The van der Waals surface area contributed by atoms with E-state index in [0.29, 0.717) is 30.1 Å². The molecule has 2 amide bonds. The summed E-state index contributed by atoms with van der Waals surface area (Å²) < 4.78 is 5.41. The molecule has 4 rings (SSSR count). The van der Waals surface area contributed by atoms with Gasteiger partial charge in [0.2, 0.25) is 5.91 Å². The number of likely N-dealkylation sites (tertiary alicyclic amines) is 1. The molecule has 0 spiro atoms. The van der Waals surface area contributed by atoms with E-state index < -0.39 is 0 Å². The Hall–Kier alpha value is -3.17. The second-order valence-electron chi connectivity index (χ2n) is 9.53. The Labute approximate surface area is 201 Å². The van der Waals surface area contributed by atoms with Crippen molar-refractivity contribution in [3.8, 4) is 6.07 Å². The quantitative estimate of drug-likeness (QED) is 0.680. The van der Waals surface area contributed by atoms with E-state index in [4.69, 9.17) is 10.00 Å². The molecule has 0 bridgehead atoms. The molecule has 0 atom stereocenters. The summed E-state index contributed by atoms with van der Waals surface area (Å²) in [5, 5.41) is 12.1. The van der Waals surface area contributed by atoms with E-state index in [-0.39, 0.29) is 23.8 Å². The van der Waals surface area contributed by atoms with Crippen LogP contribution in [0.1, 0.15) is 71.5 Å². The molecule has 2 aromatic rings. The smallest absolute Gasteiger partial charge is 0.253 e. The van der Waals surface area contributed by atoms with Gasteiger partial charge in [-0.15, -0.1) is 0 Å². The Morgan fingerprint density at radius 3 is 2.29 bits per heavy atom.